The summed E-state index contributed by atoms with van der Waals surface area (Å²) in [5.74, 6) is 0.271. The Balaban J connectivity index is 1.94. The minimum absolute atomic E-state index is 0.00380. The summed E-state index contributed by atoms with van der Waals surface area (Å²) in [6.45, 7) is 2.14. The molecule has 2 atom stereocenters. The molecule has 1 aliphatic rings. The van der Waals surface area contributed by atoms with Crippen molar-refractivity contribution in [2.45, 2.75) is 38.7 Å². The Kier molecular flexibility index (Phi) is 4.84. The van der Waals surface area contributed by atoms with E-state index in [4.69, 9.17) is 4.74 Å². The number of hydrogen-bond acceptors (Lipinski definition) is 4. The Hall–Kier alpha value is -1.75. The van der Waals surface area contributed by atoms with Crippen molar-refractivity contribution in [2.75, 3.05) is 6.61 Å². The molecule has 0 amide bonds. The predicted octanol–water partition coefficient (Wildman–Crippen LogP) is 3.37. The lowest BCUT2D eigenvalue weighted by Crippen LogP contribution is -2.27. The standard InChI is InChI=1S/C15H19NO4/c1-11-5-2-3-8-15(11)20-10-14(17)12-6-4-7-13(9-12)16(18)19/h4,6-7,9,11,15H,2-3,5,8,10H2,1H3. The summed E-state index contributed by atoms with van der Waals surface area (Å²) in [4.78, 5) is 22.2. The Bertz CT molecular complexity index is 500. The van der Waals surface area contributed by atoms with Crippen LogP contribution in [0.3, 0.4) is 0 Å². The van der Waals surface area contributed by atoms with Gasteiger partial charge in [-0.25, -0.2) is 0 Å². The van der Waals surface area contributed by atoms with E-state index >= 15 is 0 Å². The molecule has 0 N–H and O–H groups in total. The fourth-order valence-corrected chi connectivity index (χ4v) is 2.59. The van der Waals surface area contributed by atoms with Crippen LogP contribution in [-0.2, 0) is 4.74 Å². The molecule has 0 bridgehead atoms. The van der Waals surface area contributed by atoms with E-state index in [-0.39, 0.29) is 24.2 Å². The van der Waals surface area contributed by atoms with Crippen LogP contribution in [0.4, 0.5) is 5.69 Å². The van der Waals surface area contributed by atoms with Gasteiger partial charge in [-0.1, -0.05) is 31.9 Å². The fraction of sp³-hybridized carbons (Fsp3) is 0.533. The number of rotatable bonds is 5. The number of ether oxygens (including phenoxy) is 1. The molecule has 1 aliphatic carbocycles. The lowest BCUT2D eigenvalue weighted by Gasteiger charge is -2.28. The van der Waals surface area contributed by atoms with Crippen LogP contribution in [0.15, 0.2) is 24.3 Å². The van der Waals surface area contributed by atoms with Crippen LogP contribution >= 0.6 is 0 Å². The summed E-state index contributed by atoms with van der Waals surface area (Å²) >= 11 is 0. The first-order chi connectivity index (χ1) is 9.58. The van der Waals surface area contributed by atoms with Crippen LogP contribution < -0.4 is 0 Å². The van der Waals surface area contributed by atoms with Crippen molar-refractivity contribution in [1.29, 1.82) is 0 Å². The molecule has 5 heteroatoms. The maximum Gasteiger partial charge on any atom is 0.270 e. The van der Waals surface area contributed by atoms with Crippen molar-refractivity contribution in [1.82, 2.24) is 0 Å². The first-order valence-corrected chi connectivity index (χ1v) is 6.97. The quantitative estimate of drug-likeness (QED) is 0.470. The minimum atomic E-state index is -0.499. The molecule has 0 saturated heterocycles. The van der Waals surface area contributed by atoms with Gasteiger partial charge in [-0.15, -0.1) is 0 Å². The topological polar surface area (TPSA) is 69.4 Å². The van der Waals surface area contributed by atoms with E-state index in [0.29, 0.717) is 11.5 Å². The van der Waals surface area contributed by atoms with E-state index in [1.54, 1.807) is 6.07 Å². The van der Waals surface area contributed by atoms with E-state index in [1.807, 2.05) is 0 Å². The number of Topliss-reactive ketones (excluding diaryl/α,β-unsaturated/α-hetero) is 1. The molecule has 1 fully saturated rings. The molecule has 108 valence electrons. The Morgan fingerprint density at radius 1 is 1.40 bits per heavy atom. The zero-order valence-corrected chi connectivity index (χ0v) is 11.6. The SMILES string of the molecule is CC1CCCCC1OCC(=O)c1cccc([N+](=O)[O-])c1. The average molecular weight is 277 g/mol. The molecule has 2 rings (SSSR count). The van der Waals surface area contributed by atoms with Crippen molar-refractivity contribution in [3.63, 3.8) is 0 Å². The van der Waals surface area contributed by atoms with E-state index in [9.17, 15) is 14.9 Å². The lowest BCUT2D eigenvalue weighted by atomic mass is 9.88. The molecule has 0 radical (unpaired) electrons. The number of hydrogen-bond donors (Lipinski definition) is 0. The van der Waals surface area contributed by atoms with Crippen molar-refractivity contribution >= 4 is 11.5 Å². The summed E-state index contributed by atoms with van der Waals surface area (Å²) in [5, 5.41) is 10.7. The number of nitrogens with zero attached hydrogens (tertiary/aromatic N) is 1. The Morgan fingerprint density at radius 2 is 2.15 bits per heavy atom. The molecular weight excluding hydrogens is 258 g/mol. The molecule has 20 heavy (non-hydrogen) atoms. The first-order valence-electron chi connectivity index (χ1n) is 6.97. The molecular formula is C15H19NO4. The van der Waals surface area contributed by atoms with E-state index in [0.717, 1.165) is 19.3 Å². The highest BCUT2D eigenvalue weighted by molar-refractivity contribution is 5.97. The summed E-state index contributed by atoms with van der Waals surface area (Å²) in [5.41, 5.74) is 0.268. The average Bonchev–Trinajstić information content (AvgIpc) is 2.46. The Labute approximate surface area is 118 Å². The molecule has 0 aromatic heterocycles. The van der Waals surface area contributed by atoms with Crippen LogP contribution in [0, 0.1) is 16.0 Å². The van der Waals surface area contributed by atoms with Gasteiger partial charge in [-0.2, -0.15) is 0 Å². The van der Waals surface area contributed by atoms with Crippen LogP contribution in [0.5, 0.6) is 0 Å². The number of nitro groups is 1. The van der Waals surface area contributed by atoms with Gasteiger partial charge in [0.1, 0.15) is 6.61 Å². The predicted molar refractivity (Wildman–Crippen MR) is 74.8 cm³/mol. The summed E-state index contributed by atoms with van der Waals surface area (Å²) < 4.78 is 5.69. The number of benzene rings is 1. The van der Waals surface area contributed by atoms with Crippen molar-refractivity contribution in [3.8, 4) is 0 Å². The molecule has 2 unspecified atom stereocenters. The summed E-state index contributed by atoms with van der Waals surface area (Å²) in [6.07, 6.45) is 4.62. The molecule has 0 heterocycles. The van der Waals surface area contributed by atoms with Gasteiger partial charge >= 0.3 is 0 Å². The fourth-order valence-electron chi connectivity index (χ4n) is 2.59. The molecule has 0 spiro atoms. The number of ketones is 1. The van der Waals surface area contributed by atoms with Crippen molar-refractivity contribution in [2.24, 2.45) is 5.92 Å². The smallest absolute Gasteiger partial charge is 0.270 e. The van der Waals surface area contributed by atoms with E-state index in [2.05, 4.69) is 6.92 Å². The number of carbonyl (C=O) groups excluding carboxylic acids is 1. The third-order valence-corrected chi connectivity index (χ3v) is 3.84. The monoisotopic (exact) mass is 277 g/mol. The highest BCUT2D eigenvalue weighted by Crippen LogP contribution is 2.26. The van der Waals surface area contributed by atoms with Gasteiger partial charge in [0.25, 0.3) is 5.69 Å². The largest absolute Gasteiger partial charge is 0.370 e. The second kappa shape index (κ2) is 6.61. The molecule has 1 aromatic carbocycles. The van der Waals surface area contributed by atoms with Gasteiger partial charge in [-0.05, 0) is 18.8 Å². The Morgan fingerprint density at radius 3 is 2.85 bits per heavy atom. The molecule has 1 aromatic rings. The van der Waals surface area contributed by atoms with Gasteiger partial charge in [0.05, 0.1) is 11.0 Å². The number of nitro benzene ring substituents is 1. The number of non-ortho nitro benzene ring substituents is 1. The van der Waals surface area contributed by atoms with E-state index < -0.39 is 4.92 Å². The summed E-state index contributed by atoms with van der Waals surface area (Å²) in [6, 6.07) is 5.79. The molecule has 1 saturated carbocycles. The minimum Gasteiger partial charge on any atom is -0.370 e. The third kappa shape index (κ3) is 3.63. The normalized spacial score (nSPS) is 22.4. The molecule has 5 nitrogen and oxygen atoms in total. The van der Waals surface area contributed by atoms with Gasteiger partial charge in [0, 0.05) is 17.7 Å². The zero-order valence-electron chi connectivity index (χ0n) is 11.6. The van der Waals surface area contributed by atoms with E-state index in [1.165, 1.54) is 24.6 Å². The highest BCUT2D eigenvalue weighted by Gasteiger charge is 2.23. The zero-order chi connectivity index (χ0) is 14.5. The van der Waals surface area contributed by atoms with Crippen LogP contribution in [0.1, 0.15) is 43.0 Å². The maximum atomic E-state index is 12.0. The van der Waals surface area contributed by atoms with Crippen molar-refractivity contribution < 1.29 is 14.5 Å². The van der Waals surface area contributed by atoms with Gasteiger partial charge in [-0.3, -0.25) is 14.9 Å². The summed E-state index contributed by atoms with van der Waals surface area (Å²) in [7, 11) is 0. The van der Waals surface area contributed by atoms with Crippen LogP contribution in [-0.4, -0.2) is 23.4 Å². The van der Waals surface area contributed by atoms with Gasteiger partial charge in [0.2, 0.25) is 0 Å². The van der Waals surface area contributed by atoms with Crippen LogP contribution in [0.25, 0.3) is 0 Å². The maximum absolute atomic E-state index is 12.0. The second-order valence-electron chi connectivity index (χ2n) is 5.34. The van der Waals surface area contributed by atoms with Gasteiger partial charge in [0.15, 0.2) is 5.78 Å². The molecule has 0 aliphatic heterocycles. The number of carbonyl (C=O) groups is 1. The lowest BCUT2D eigenvalue weighted by molar-refractivity contribution is -0.384. The van der Waals surface area contributed by atoms with Crippen molar-refractivity contribution in [3.05, 3.63) is 39.9 Å². The second-order valence-corrected chi connectivity index (χ2v) is 5.34. The first kappa shape index (κ1) is 14.7. The third-order valence-electron chi connectivity index (χ3n) is 3.84. The van der Waals surface area contributed by atoms with Crippen LogP contribution in [0.2, 0.25) is 0 Å². The van der Waals surface area contributed by atoms with Gasteiger partial charge < -0.3 is 4.74 Å². The highest BCUT2D eigenvalue weighted by atomic mass is 16.6.